The standard InChI is InChI=1S/C11H14Br2S/c1-7-9(12)6-11(14-7)10(13)5-8-3-2-4-8/h6,8,10H,2-5H2,1H3. The molecule has 0 amide bonds. The van der Waals surface area contributed by atoms with Gasteiger partial charge in [0.1, 0.15) is 0 Å². The van der Waals surface area contributed by atoms with Gasteiger partial charge in [-0.05, 0) is 41.3 Å². The topological polar surface area (TPSA) is 0 Å². The van der Waals surface area contributed by atoms with E-state index in [1.807, 2.05) is 11.3 Å². The Morgan fingerprint density at radius 3 is 2.71 bits per heavy atom. The van der Waals surface area contributed by atoms with Crippen LogP contribution in [0.15, 0.2) is 10.5 Å². The molecular formula is C11H14Br2S. The highest BCUT2D eigenvalue weighted by molar-refractivity contribution is 9.10. The van der Waals surface area contributed by atoms with Gasteiger partial charge in [-0.2, -0.15) is 0 Å². The van der Waals surface area contributed by atoms with Gasteiger partial charge in [0.2, 0.25) is 0 Å². The summed E-state index contributed by atoms with van der Waals surface area (Å²) < 4.78 is 1.26. The van der Waals surface area contributed by atoms with E-state index in [4.69, 9.17) is 0 Å². The van der Waals surface area contributed by atoms with Crippen molar-refractivity contribution >= 4 is 43.2 Å². The fourth-order valence-corrected chi connectivity index (χ4v) is 4.27. The van der Waals surface area contributed by atoms with Crippen LogP contribution in [0.25, 0.3) is 0 Å². The Hall–Kier alpha value is 0.660. The predicted molar refractivity (Wildman–Crippen MR) is 70.4 cm³/mol. The summed E-state index contributed by atoms with van der Waals surface area (Å²) in [4.78, 5) is 3.43. The van der Waals surface area contributed by atoms with E-state index >= 15 is 0 Å². The second-order valence-electron chi connectivity index (χ2n) is 4.05. The molecule has 1 saturated carbocycles. The average Bonchev–Trinajstić information content (AvgIpc) is 2.40. The molecule has 0 aliphatic heterocycles. The number of rotatable bonds is 3. The molecule has 3 heteroatoms. The quantitative estimate of drug-likeness (QED) is 0.644. The zero-order valence-electron chi connectivity index (χ0n) is 8.22. The number of hydrogen-bond acceptors (Lipinski definition) is 1. The number of halogens is 2. The van der Waals surface area contributed by atoms with Gasteiger partial charge in [0.15, 0.2) is 0 Å². The molecule has 2 rings (SSSR count). The van der Waals surface area contributed by atoms with Crippen molar-refractivity contribution in [1.29, 1.82) is 0 Å². The monoisotopic (exact) mass is 336 g/mol. The highest BCUT2D eigenvalue weighted by atomic mass is 79.9. The van der Waals surface area contributed by atoms with Gasteiger partial charge >= 0.3 is 0 Å². The molecule has 0 spiro atoms. The van der Waals surface area contributed by atoms with Gasteiger partial charge in [-0.3, -0.25) is 0 Å². The van der Waals surface area contributed by atoms with Crippen LogP contribution in [0, 0.1) is 12.8 Å². The van der Waals surface area contributed by atoms with Crippen LogP contribution in [-0.4, -0.2) is 0 Å². The summed E-state index contributed by atoms with van der Waals surface area (Å²) in [6.07, 6.45) is 5.63. The first-order valence-corrected chi connectivity index (χ1v) is 7.59. The van der Waals surface area contributed by atoms with Crippen molar-refractivity contribution in [2.24, 2.45) is 5.92 Å². The highest BCUT2D eigenvalue weighted by Crippen LogP contribution is 2.42. The Labute approximate surface area is 106 Å². The van der Waals surface area contributed by atoms with Gasteiger partial charge in [-0.1, -0.05) is 35.2 Å². The number of thiophene rings is 1. The van der Waals surface area contributed by atoms with E-state index in [0.29, 0.717) is 4.83 Å². The first kappa shape index (κ1) is 11.2. The van der Waals surface area contributed by atoms with E-state index in [2.05, 4.69) is 44.8 Å². The van der Waals surface area contributed by atoms with Crippen molar-refractivity contribution in [3.05, 3.63) is 20.3 Å². The van der Waals surface area contributed by atoms with Crippen molar-refractivity contribution in [3.63, 3.8) is 0 Å². The molecule has 1 heterocycles. The Balaban J connectivity index is 1.98. The first-order chi connectivity index (χ1) is 6.66. The van der Waals surface area contributed by atoms with Crippen LogP contribution in [0.5, 0.6) is 0 Å². The van der Waals surface area contributed by atoms with Crippen LogP contribution in [0.4, 0.5) is 0 Å². The second kappa shape index (κ2) is 4.67. The van der Waals surface area contributed by atoms with Crippen LogP contribution in [0.1, 0.15) is 40.3 Å². The maximum Gasteiger partial charge on any atom is 0.0492 e. The molecule has 1 aliphatic carbocycles. The lowest BCUT2D eigenvalue weighted by atomic mass is 9.82. The Morgan fingerprint density at radius 1 is 1.57 bits per heavy atom. The maximum absolute atomic E-state index is 3.80. The molecule has 1 atom stereocenters. The molecule has 1 fully saturated rings. The third-order valence-corrected chi connectivity index (χ3v) is 6.37. The van der Waals surface area contributed by atoms with E-state index in [1.54, 1.807) is 0 Å². The van der Waals surface area contributed by atoms with Gasteiger partial charge in [0.05, 0.1) is 0 Å². The molecule has 1 aromatic rings. The lowest BCUT2D eigenvalue weighted by Gasteiger charge is -2.27. The maximum atomic E-state index is 3.80. The summed E-state index contributed by atoms with van der Waals surface area (Å²) >= 11 is 9.27. The molecule has 0 N–H and O–H groups in total. The summed E-state index contributed by atoms with van der Waals surface area (Å²) in [7, 11) is 0. The summed E-state index contributed by atoms with van der Waals surface area (Å²) in [6, 6.07) is 2.26. The highest BCUT2D eigenvalue weighted by Gasteiger charge is 2.22. The van der Waals surface area contributed by atoms with Crippen molar-refractivity contribution < 1.29 is 0 Å². The van der Waals surface area contributed by atoms with E-state index in [0.717, 1.165) is 5.92 Å². The molecule has 1 unspecified atom stereocenters. The molecule has 0 nitrogen and oxygen atoms in total. The summed E-state index contributed by atoms with van der Waals surface area (Å²) in [6.45, 7) is 2.17. The van der Waals surface area contributed by atoms with Gasteiger partial charge < -0.3 is 0 Å². The van der Waals surface area contributed by atoms with Crippen molar-refractivity contribution in [3.8, 4) is 0 Å². The number of hydrogen-bond donors (Lipinski definition) is 0. The van der Waals surface area contributed by atoms with Crippen molar-refractivity contribution in [2.75, 3.05) is 0 Å². The molecule has 78 valence electrons. The summed E-state index contributed by atoms with van der Waals surface area (Å²) in [5.74, 6) is 0.973. The van der Waals surface area contributed by atoms with Crippen molar-refractivity contribution in [2.45, 2.75) is 37.4 Å². The largest absolute Gasteiger partial charge is 0.143 e. The lowest BCUT2D eigenvalue weighted by Crippen LogP contribution is -2.12. The molecule has 0 saturated heterocycles. The number of aryl methyl sites for hydroxylation is 1. The molecule has 1 aromatic heterocycles. The average molecular weight is 338 g/mol. The van der Waals surface area contributed by atoms with E-state index in [9.17, 15) is 0 Å². The second-order valence-corrected chi connectivity index (χ2v) is 7.30. The van der Waals surface area contributed by atoms with Crippen LogP contribution >= 0.6 is 43.2 Å². The Morgan fingerprint density at radius 2 is 2.29 bits per heavy atom. The summed E-state index contributed by atoms with van der Waals surface area (Å²) in [5.41, 5.74) is 0. The van der Waals surface area contributed by atoms with Crippen LogP contribution in [-0.2, 0) is 0 Å². The van der Waals surface area contributed by atoms with Crippen LogP contribution < -0.4 is 0 Å². The molecule has 0 radical (unpaired) electrons. The Kier molecular flexibility index (Phi) is 3.72. The molecule has 1 aliphatic rings. The van der Waals surface area contributed by atoms with Crippen LogP contribution in [0.2, 0.25) is 0 Å². The fraction of sp³-hybridized carbons (Fsp3) is 0.636. The molecule has 14 heavy (non-hydrogen) atoms. The van der Waals surface area contributed by atoms with E-state index in [-0.39, 0.29) is 0 Å². The molecule has 0 aromatic carbocycles. The van der Waals surface area contributed by atoms with Gasteiger partial charge in [0, 0.05) is 19.1 Å². The van der Waals surface area contributed by atoms with Gasteiger partial charge in [-0.25, -0.2) is 0 Å². The minimum atomic E-state index is 0.572. The Bertz CT molecular complexity index is 296. The number of alkyl halides is 1. The van der Waals surface area contributed by atoms with Crippen molar-refractivity contribution in [1.82, 2.24) is 0 Å². The third kappa shape index (κ3) is 2.42. The smallest absolute Gasteiger partial charge is 0.0492 e. The zero-order valence-corrected chi connectivity index (χ0v) is 12.2. The summed E-state index contributed by atoms with van der Waals surface area (Å²) in [5, 5.41) is 0. The zero-order chi connectivity index (χ0) is 10.1. The molecular weight excluding hydrogens is 324 g/mol. The third-order valence-electron chi connectivity index (χ3n) is 2.95. The normalized spacial score (nSPS) is 19.4. The lowest BCUT2D eigenvalue weighted by molar-refractivity contribution is 0.296. The minimum Gasteiger partial charge on any atom is -0.143 e. The molecule has 0 bridgehead atoms. The van der Waals surface area contributed by atoms with Crippen LogP contribution in [0.3, 0.4) is 0 Å². The predicted octanol–water partition coefficient (Wildman–Crippen LogP) is 5.45. The minimum absolute atomic E-state index is 0.572. The van der Waals surface area contributed by atoms with Gasteiger partial charge in [0.25, 0.3) is 0 Å². The first-order valence-electron chi connectivity index (χ1n) is 5.06. The SMILES string of the molecule is Cc1sc(C(Br)CC2CCC2)cc1Br. The van der Waals surface area contributed by atoms with Gasteiger partial charge in [-0.15, -0.1) is 11.3 Å². The van der Waals surface area contributed by atoms with E-state index < -0.39 is 0 Å². The van der Waals surface area contributed by atoms with E-state index in [1.165, 1.54) is 39.9 Å². The fourth-order valence-electron chi connectivity index (χ4n) is 1.77.